The monoisotopic (exact) mass is 546 g/mol. The topological polar surface area (TPSA) is 37.3 Å². The molecule has 202 valence electrons. The molecule has 0 amide bonds. The van der Waals surface area contributed by atoms with Gasteiger partial charge >= 0.3 is 41.7 Å². The number of hydrogen-bond acceptors (Lipinski definition) is 2. The number of ketones is 1. The van der Waals surface area contributed by atoms with Crippen LogP contribution in [0.5, 0.6) is 0 Å². The lowest BCUT2D eigenvalue weighted by atomic mass is 9.83. The largest absolute Gasteiger partial charge is 0.460 e. The van der Waals surface area contributed by atoms with Gasteiger partial charge in [0.15, 0.2) is 5.78 Å². The molecule has 1 aromatic carbocycles. The fourth-order valence-corrected chi connectivity index (χ4v) is 2.72. The van der Waals surface area contributed by atoms with Crippen LogP contribution >= 0.6 is 0 Å². The summed E-state index contributed by atoms with van der Waals surface area (Å²) in [4.78, 5) is 11.3. The lowest BCUT2D eigenvalue weighted by Crippen LogP contribution is -2.72. The average molecular weight is 546 g/mol. The number of Topliss-reactive ketones (excluding diaryl/α,β-unsaturated/α-hetero) is 1. The molecule has 0 aliphatic heterocycles. The van der Waals surface area contributed by atoms with Crippen molar-refractivity contribution in [1.29, 1.82) is 0 Å². The van der Waals surface area contributed by atoms with Gasteiger partial charge in [0.05, 0.1) is 12.0 Å². The highest BCUT2D eigenvalue weighted by Crippen LogP contribution is 2.63. The molecule has 1 rings (SSSR count). The molecule has 17 heteroatoms. The Bertz CT molecular complexity index is 947. The lowest BCUT2D eigenvalue weighted by molar-refractivity contribution is -0.453. The normalized spacial score (nSPS) is 16.7. The Labute approximate surface area is 185 Å². The summed E-state index contributed by atoms with van der Waals surface area (Å²) in [6.45, 7) is 1.15. The molecular weight excluding hydrogens is 533 g/mol. The summed E-state index contributed by atoms with van der Waals surface area (Å²) in [5.41, 5.74) is -4.57. The van der Waals surface area contributed by atoms with Gasteiger partial charge in [0.2, 0.25) is 0 Å². The van der Waals surface area contributed by atoms with Gasteiger partial charge in [0, 0.05) is 5.56 Å². The van der Waals surface area contributed by atoms with Gasteiger partial charge in [-0.1, -0.05) is 18.2 Å². The SMILES string of the molecule is CC(=O)c1cccc(C(C)(O)CC(F)(F)C(F)(F)C(F)(F)C(F)(F)C(F)(F)C(F)(F)C(F)(F)F)c1. The van der Waals surface area contributed by atoms with Crippen molar-refractivity contribution in [2.24, 2.45) is 0 Å². The zero-order valence-corrected chi connectivity index (χ0v) is 17.0. The minimum atomic E-state index is -8.40. The van der Waals surface area contributed by atoms with E-state index in [4.69, 9.17) is 0 Å². The predicted octanol–water partition coefficient (Wildman–Crippen LogP) is 6.86. The first kappa shape index (κ1) is 30.8. The van der Waals surface area contributed by atoms with E-state index in [2.05, 4.69) is 0 Å². The quantitative estimate of drug-likeness (QED) is 0.272. The predicted molar refractivity (Wildman–Crippen MR) is 86.4 cm³/mol. The van der Waals surface area contributed by atoms with Crippen molar-refractivity contribution in [2.45, 2.75) is 67.6 Å². The van der Waals surface area contributed by atoms with Gasteiger partial charge in [-0.05, 0) is 25.5 Å². The van der Waals surface area contributed by atoms with E-state index < -0.39 is 65.1 Å². The van der Waals surface area contributed by atoms with Crippen LogP contribution in [0.2, 0.25) is 0 Å². The third kappa shape index (κ3) is 4.67. The van der Waals surface area contributed by atoms with E-state index in [1.165, 1.54) is 0 Å². The van der Waals surface area contributed by atoms with Crippen LogP contribution in [0.3, 0.4) is 0 Å². The maximum Gasteiger partial charge on any atom is 0.460 e. The van der Waals surface area contributed by atoms with Crippen molar-refractivity contribution in [1.82, 2.24) is 0 Å². The van der Waals surface area contributed by atoms with E-state index in [0.29, 0.717) is 12.1 Å². The van der Waals surface area contributed by atoms with Gasteiger partial charge in [-0.15, -0.1) is 0 Å². The van der Waals surface area contributed by atoms with Crippen molar-refractivity contribution < 1.29 is 75.8 Å². The molecule has 1 atom stereocenters. The number of halogens is 15. The van der Waals surface area contributed by atoms with Crippen molar-refractivity contribution in [3.8, 4) is 0 Å². The number of hydrogen-bond donors (Lipinski definition) is 1. The fraction of sp³-hybridized carbons (Fsp3) is 0.611. The molecule has 0 saturated carbocycles. The second-order valence-electron chi connectivity index (χ2n) is 7.66. The highest BCUT2D eigenvalue weighted by molar-refractivity contribution is 5.94. The summed E-state index contributed by atoms with van der Waals surface area (Å²) >= 11 is 0. The molecule has 0 heterocycles. The molecule has 1 N–H and O–H groups in total. The number of benzene rings is 1. The Hall–Kier alpha value is -2.20. The lowest BCUT2D eigenvalue weighted by Gasteiger charge is -2.42. The zero-order chi connectivity index (χ0) is 28.3. The van der Waals surface area contributed by atoms with Crippen molar-refractivity contribution in [2.75, 3.05) is 0 Å². The number of aliphatic hydroxyl groups is 1. The molecule has 1 unspecified atom stereocenters. The van der Waals surface area contributed by atoms with Gasteiger partial charge in [-0.25, -0.2) is 0 Å². The molecule has 35 heavy (non-hydrogen) atoms. The average Bonchev–Trinajstić information content (AvgIpc) is 2.65. The molecule has 2 nitrogen and oxygen atoms in total. The standard InChI is InChI=1S/C18H13F15O2/c1-8(34)9-4-3-5-10(6-9)11(2,35)7-12(19,20)13(21,22)14(23,24)15(25,26)16(27,28)17(29,30)18(31,32)33/h3-6,35H,7H2,1-2H3. The van der Waals surface area contributed by atoms with Gasteiger partial charge in [-0.2, -0.15) is 65.9 Å². The number of alkyl halides is 15. The molecule has 0 saturated heterocycles. The summed E-state index contributed by atoms with van der Waals surface area (Å²) < 4.78 is 199. The summed E-state index contributed by atoms with van der Waals surface area (Å²) in [6, 6.07) is 3.19. The number of rotatable bonds is 9. The minimum Gasteiger partial charge on any atom is -0.385 e. The third-order valence-corrected chi connectivity index (χ3v) is 4.85. The molecule has 0 aliphatic rings. The van der Waals surface area contributed by atoms with Crippen LogP contribution in [-0.4, -0.2) is 52.6 Å². The first-order chi connectivity index (χ1) is 15.1. The Kier molecular flexibility index (Phi) is 7.43. The molecule has 1 aromatic rings. The highest BCUT2D eigenvalue weighted by Gasteiger charge is 2.93. The van der Waals surface area contributed by atoms with Crippen LogP contribution in [0, 0.1) is 0 Å². The van der Waals surface area contributed by atoms with E-state index in [1.807, 2.05) is 0 Å². The fourth-order valence-electron chi connectivity index (χ4n) is 2.72. The maximum atomic E-state index is 14.1. The summed E-state index contributed by atoms with van der Waals surface area (Å²) in [5.74, 6) is -48.1. The van der Waals surface area contributed by atoms with Crippen LogP contribution in [-0.2, 0) is 5.60 Å². The number of carbonyl (C=O) groups excluding carboxylic acids is 1. The zero-order valence-electron chi connectivity index (χ0n) is 17.0. The third-order valence-electron chi connectivity index (χ3n) is 4.85. The number of carbonyl (C=O) groups is 1. The Morgan fingerprint density at radius 3 is 1.51 bits per heavy atom. The maximum absolute atomic E-state index is 14.1. The van der Waals surface area contributed by atoms with E-state index in [9.17, 15) is 75.8 Å². The highest BCUT2D eigenvalue weighted by atomic mass is 19.4. The van der Waals surface area contributed by atoms with Crippen LogP contribution in [0.1, 0.15) is 36.2 Å². The smallest absolute Gasteiger partial charge is 0.385 e. The molecule has 0 aromatic heterocycles. The molecular formula is C18H13F15O2. The molecule has 0 bridgehead atoms. The van der Waals surface area contributed by atoms with Gasteiger partial charge in [0.25, 0.3) is 0 Å². The van der Waals surface area contributed by atoms with Crippen molar-refractivity contribution in [3.63, 3.8) is 0 Å². The van der Waals surface area contributed by atoms with E-state index in [-0.39, 0.29) is 12.5 Å². The van der Waals surface area contributed by atoms with Crippen LogP contribution in [0.4, 0.5) is 65.9 Å². The van der Waals surface area contributed by atoms with Gasteiger partial charge < -0.3 is 5.11 Å². The first-order valence-corrected chi connectivity index (χ1v) is 8.79. The van der Waals surface area contributed by atoms with Gasteiger partial charge in [-0.3, -0.25) is 4.79 Å². The second kappa shape index (κ2) is 8.44. The Balaban J connectivity index is 3.56. The van der Waals surface area contributed by atoms with Crippen LogP contribution < -0.4 is 0 Å². The first-order valence-electron chi connectivity index (χ1n) is 8.79. The molecule has 0 aliphatic carbocycles. The summed E-state index contributed by atoms with van der Waals surface area (Å²) in [6.07, 6.45) is -10.6. The van der Waals surface area contributed by atoms with Crippen molar-refractivity contribution in [3.05, 3.63) is 35.4 Å². The second-order valence-corrected chi connectivity index (χ2v) is 7.66. The van der Waals surface area contributed by atoms with Crippen LogP contribution in [0.15, 0.2) is 24.3 Å². The van der Waals surface area contributed by atoms with E-state index in [0.717, 1.165) is 19.1 Å². The summed E-state index contributed by atoms with van der Waals surface area (Å²) in [7, 11) is 0. The summed E-state index contributed by atoms with van der Waals surface area (Å²) in [5, 5.41) is 10.1. The minimum absolute atomic E-state index is 0.235. The Morgan fingerprint density at radius 1 is 0.714 bits per heavy atom. The molecule has 0 spiro atoms. The molecule has 0 fully saturated rings. The van der Waals surface area contributed by atoms with E-state index in [1.54, 1.807) is 0 Å². The van der Waals surface area contributed by atoms with Gasteiger partial charge in [0.1, 0.15) is 0 Å². The Morgan fingerprint density at radius 2 is 1.11 bits per heavy atom. The van der Waals surface area contributed by atoms with Crippen molar-refractivity contribution >= 4 is 5.78 Å². The van der Waals surface area contributed by atoms with Crippen LogP contribution in [0.25, 0.3) is 0 Å². The molecule has 0 radical (unpaired) electrons. The van der Waals surface area contributed by atoms with E-state index >= 15 is 0 Å².